The molecule has 0 atom stereocenters. The molecule has 0 bridgehead atoms. The van der Waals surface area contributed by atoms with E-state index >= 15 is 0 Å². The van der Waals surface area contributed by atoms with Crippen LogP contribution >= 0.6 is 11.3 Å². The lowest BCUT2D eigenvalue weighted by atomic mass is 9.79. The highest BCUT2D eigenvalue weighted by Crippen LogP contribution is 2.40. The van der Waals surface area contributed by atoms with Crippen LogP contribution in [0.1, 0.15) is 42.7 Å². The Morgan fingerprint density at radius 2 is 1.96 bits per heavy atom. The van der Waals surface area contributed by atoms with Crippen LogP contribution in [0.15, 0.2) is 52.3 Å². The largest absolute Gasteiger partial charge is 0.440 e. The summed E-state index contributed by atoms with van der Waals surface area (Å²) in [4.78, 5) is 18.1. The van der Waals surface area contributed by atoms with Crippen molar-refractivity contribution in [3.63, 3.8) is 0 Å². The van der Waals surface area contributed by atoms with Crippen LogP contribution in [-0.4, -0.2) is 17.4 Å². The normalized spacial score (nSPS) is 15.7. The van der Waals surface area contributed by atoms with Crippen LogP contribution < -0.4 is 5.32 Å². The number of amides is 1. The first-order valence-corrected chi connectivity index (χ1v) is 10.4. The zero-order valence-corrected chi connectivity index (χ0v) is 16.3. The van der Waals surface area contributed by atoms with Gasteiger partial charge in [0.1, 0.15) is 5.76 Å². The van der Waals surface area contributed by atoms with E-state index in [-0.39, 0.29) is 17.7 Å². The standard InChI is InChI=1S/C22H24N2O2S/c1-16-18(24-21(26-16)19-10-7-13-27-19)14-20(25)23-15-22(11-5-6-12-22)17-8-3-2-4-9-17/h2-4,7-10,13H,5-6,11-12,14-15H2,1H3,(H,23,25). The lowest BCUT2D eigenvalue weighted by Gasteiger charge is -2.30. The van der Waals surface area contributed by atoms with Gasteiger partial charge in [-0.05, 0) is 36.8 Å². The molecule has 3 aromatic rings. The van der Waals surface area contributed by atoms with E-state index in [1.54, 1.807) is 11.3 Å². The Morgan fingerprint density at radius 1 is 1.19 bits per heavy atom. The van der Waals surface area contributed by atoms with Crippen molar-refractivity contribution < 1.29 is 9.21 Å². The molecule has 1 aliphatic rings. The number of nitrogens with zero attached hydrogens (tertiary/aromatic N) is 1. The molecule has 1 saturated carbocycles. The average molecular weight is 381 g/mol. The number of carbonyl (C=O) groups is 1. The lowest BCUT2D eigenvalue weighted by molar-refractivity contribution is -0.120. The van der Waals surface area contributed by atoms with Crippen LogP contribution in [0.25, 0.3) is 10.8 Å². The number of rotatable bonds is 6. The Labute approximate surface area is 163 Å². The van der Waals surface area contributed by atoms with Gasteiger partial charge in [-0.2, -0.15) is 0 Å². The molecule has 2 aromatic heterocycles. The van der Waals surface area contributed by atoms with Crippen LogP contribution in [0.4, 0.5) is 0 Å². The first-order valence-electron chi connectivity index (χ1n) is 9.49. The molecule has 0 saturated heterocycles. The highest BCUT2D eigenvalue weighted by molar-refractivity contribution is 7.13. The van der Waals surface area contributed by atoms with Gasteiger partial charge in [0.15, 0.2) is 0 Å². The van der Waals surface area contributed by atoms with Crippen LogP contribution in [0.5, 0.6) is 0 Å². The van der Waals surface area contributed by atoms with Crippen LogP contribution in [-0.2, 0) is 16.6 Å². The fourth-order valence-corrected chi connectivity index (χ4v) is 4.64. The van der Waals surface area contributed by atoms with Crippen molar-refractivity contribution in [2.24, 2.45) is 0 Å². The van der Waals surface area contributed by atoms with Gasteiger partial charge in [0.25, 0.3) is 0 Å². The van der Waals surface area contributed by atoms with E-state index in [4.69, 9.17) is 4.42 Å². The van der Waals surface area contributed by atoms with E-state index in [2.05, 4.69) is 34.6 Å². The van der Waals surface area contributed by atoms with Gasteiger partial charge in [-0.25, -0.2) is 4.98 Å². The fraction of sp³-hybridized carbons (Fsp3) is 0.364. The maximum Gasteiger partial charge on any atom is 0.236 e. The third-order valence-corrected chi connectivity index (χ3v) is 6.38. The molecule has 4 nitrogen and oxygen atoms in total. The topological polar surface area (TPSA) is 55.1 Å². The molecule has 0 unspecified atom stereocenters. The van der Waals surface area contributed by atoms with Gasteiger partial charge in [-0.3, -0.25) is 4.79 Å². The Kier molecular flexibility index (Phi) is 5.12. The predicted molar refractivity (Wildman–Crippen MR) is 108 cm³/mol. The molecule has 27 heavy (non-hydrogen) atoms. The minimum absolute atomic E-state index is 0.00587. The number of carbonyl (C=O) groups excluding carboxylic acids is 1. The number of thiophene rings is 1. The number of aromatic nitrogens is 1. The monoisotopic (exact) mass is 380 g/mol. The van der Waals surface area contributed by atoms with Gasteiger partial charge in [-0.1, -0.05) is 49.2 Å². The molecule has 1 fully saturated rings. The van der Waals surface area contributed by atoms with Gasteiger partial charge in [0, 0.05) is 12.0 Å². The Morgan fingerprint density at radius 3 is 2.67 bits per heavy atom. The average Bonchev–Trinajstić information content (AvgIpc) is 3.43. The second-order valence-electron chi connectivity index (χ2n) is 7.31. The highest BCUT2D eigenvalue weighted by Gasteiger charge is 2.35. The Hall–Kier alpha value is -2.40. The van der Waals surface area contributed by atoms with Gasteiger partial charge in [0.05, 0.1) is 17.0 Å². The summed E-state index contributed by atoms with van der Waals surface area (Å²) >= 11 is 1.58. The van der Waals surface area contributed by atoms with Gasteiger partial charge in [0.2, 0.25) is 11.8 Å². The van der Waals surface area contributed by atoms with Crippen molar-refractivity contribution in [2.75, 3.05) is 6.54 Å². The Bertz CT molecular complexity index is 894. The smallest absolute Gasteiger partial charge is 0.236 e. The zero-order valence-electron chi connectivity index (χ0n) is 15.5. The molecule has 0 radical (unpaired) electrons. The molecule has 1 aliphatic carbocycles. The van der Waals surface area contributed by atoms with E-state index in [0.29, 0.717) is 18.2 Å². The molecule has 0 spiro atoms. The second kappa shape index (κ2) is 7.69. The number of benzene rings is 1. The molecule has 4 rings (SSSR count). The third-order valence-electron chi connectivity index (χ3n) is 5.52. The summed E-state index contributed by atoms with van der Waals surface area (Å²) in [6.07, 6.45) is 4.95. The van der Waals surface area contributed by atoms with E-state index in [9.17, 15) is 4.79 Å². The minimum atomic E-state index is 0.00587. The summed E-state index contributed by atoms with van der Waals surface area (Å²) in [7, 11) is 0. The van der Waals surface area contributed by atoms with E-state index in [1.807, 2.05) is 30.5 Å². The number of oxazole rings is 1. The summed E-state index contributed by atoms with van der Waals surface area (Å²) in [6, 6.07) is 14.5. The summed E-state index contributed by atoms with van der Waals surface area (Å²) in [6.45, 7) is 2.56. The molecule has 2 heterocycles. The SMILES string of the molecule is Cc1oc(-c2cccs2)nc1CC(=O)NCC1(c2ccccc2)CCCC1. The molecular formula is C22H24N2O2S. The first kappa shape index (κ1) is 18.0. The number of hydrogen-bond donors (Lipinski definition) is 1. The number of hydrogen-bond acceptors (Lipinski definition) is 4. The van der Waals surface area contributed by atoms with Crippen LogP contribution in [0.3, 0.4) is 0 Å². The van der Waals surface area contributed by atoms with Gasteiger partial charge in [-0.15, -0.1) is 11.3 Å². The minimum Gasteiger partial charge on any atom is -0.440 e. The Balaban J connectivity index is 1.42. The fourth-order valence-electron chi connectivity index (χ4n) is 3.99. The second-order valence-corrected chi connectivity index (χ2v) is 8.25. The maximum absolute atomic E-state index is 12.6. The molecule has 1 aromatic carbocycles. The molecule has 1 amide bonds. The summed E-state index contributed by atoms with van der Waals surface area (Å²) in [5, 5.41) is 5.16. The third kappa shape index (κ3) is 3.83. The molecule has 1 N–H and O–H groups in total. The summed E-state index contributed by atoms with van der Waals surface area (Å²) in [5.41, 5.74) is 2.12. The van der Waals surface area contributed by atoms with E-state index in [1.165, 1.54) is 18.4 Å². The van der Waals surface area contributed by atoms with Crippen molar-refractivity contribution in [1.29, 1.82) is 0 Å². The van der Waals surface area contributed by atoms with Gasteiger partial charge < -0.3 is 9.73 Å². The predicted octanol–water partition coefficient (Wildman–Crippen LogP) is 4.88. The van der Waals surface area contributed by atoms with E-state index in [0.717, 1.165) is 23.4 Å². The summed E-state index contributed by atoms with van der Waals surface area (Å²) < 4.78 is 5.75. The molecule has 5 heteroatoms. The molecule has 0 aliphatic heterocycles. The van der Waals surface area contributed by atoms with Crippen molar-refractivity contribution in [1.82, 2.24) is 10.3 Å². The van der Waals surface area contributed by atoms with Crippen molar-refractivity contribution in [3.8, 4) is 10.8 Å². The van der Waals surface area contributed by atoms with Gasteiger partial charge >= 0.3 is 0 Å². The van der Waals surface area contributed by atoms with Crippen LogP contribution in [0.2, 0.25) is 0 Å². The van der Waals surface area contributed by atoms with Crippen molar-refractivity contribution >= 4 is 17.2 Å². The van der Waals surface area contributed by atoms with Crippen molar-refractivity contribution in [3.05, 3.63) is 64.9 Å². The van der Waals surface area contributed by atoms with Crippen LogP contribution in [0, 0.1) is 6.92 Å². The molecular weight excluding hydrogens is 356 g/mol. The summed E-state index contributed by atoms with van der Waals surface area (Å²) in [5.74, 6) is 1.32. The van der Waals surface area contributed by atoms with Crippen molar-refractivity contribution in [2.45, 2.75) is 44.4 Å². The first-order chi connectivity index (χ1) is 13.2. The zero-order chi connectivity index (χ0) is 18.7. The maximum atomic E-state index is 12.6. The molecule has 140 valence electrons. The lowest BCUT2D eigenvalue weighted by Crippen LogP contribution is -2.39. The highest BCUT2D eigenvalue weighted by atomic mass is 32.1. The quantitative estimate of drug-likeness (QED) is 0.663. The number of nitrogens with one attached hydrogen (secondary N) is 1. The van der Waals surface area contributed by atoms with E-state index < -0.39 is 0 Å². The number of aryl methyl sites for hydroxylation is 1.